The van der Waals surface area contributed by atoms with Crippen molar-refractivity contribution >= 4 is 33.6 Å². The van der Waals surface area contributed by atoms with Gasteiger partial charge in [-0.05, 0) is 48.9 Å². The number of hydrogen-bond acceptors (Lipinski definition) is 2. The molecule has 1 aliphatic rings. The van der Waals surface area contributed by atoms with Gasteiger partial charge in [-0.15, -0.1) is 0 Å². The van der Waals surface area contributed by atoms with Crippen LogP contribution in [0.2, 0.25) is 0 Å². The van der Waals surface area contributed by atoms with Crippen LogP contribution in [0, 0.1) is 12.3 Å². The average molecular weight is 355 g/mol. The number of aliphatic carboxylic acids is 1. The largest absolute Gasteiger partial charge is 0.481 e. The number of carbonyl (C=O) groups excluding carboxylic acids is 1. The van der Waals surface area contributed by atoms with E-state index in [-0.39, 0.29) is 17.9 Å². The van der Waals surface area contributed by atoms with Gasteiger partial charge in [0.25, 0.3) is 0 Å². The fourth-order valence-electron chi connectivity index (χ4n) is 2.58. The molecule has 0 bridgehead atoms. The Balaban J connectivity index is 1.87. The van der Waals surface area contributed by atoms with Crippen molar-refractivity contribution in [2.75, 3.05) is 11.9 Å². The Hall–Kier alpha value is -1.56. The highest BCUT2D eigenvalue weighted by atomic mass is 79.9. The van der Waals surface area contributed by atoms with E-state index in [9.17, 15) is 9.59 Å². The van der Waals surface area contributed by atoms with Crippen molar-refractivity contribution in [2.24, 2.45) is 5.41 Å². The van der Waals surface area contributed by atoms with Crippen molar-refractivity contribution in [3.05, 3.63) is 28.2 Å². The summed E-state index contributed by atoms with van der Waals surface area (Å²) in [6.07, 6.45) is 2.86. The van der Waals surface area contributed by atoms with Crippen molar-refractivity contribution in [3.8, 4) is 0 Å². The van der Waals surface area contributed by atoms with Crippen LogP contribution in [0.5, 0.6) is 0 Å². The Kier molecular flexibility index (Phi) is 4.88. The van der Waals surface area contributed by atoms with Gasteiger partial charge in [0.05, 0.1) is 6.42 Å². The molecule has 0 aromatic heterocycles. The number of rotatable bonds is 5. The van der Waals surface area contributed by atoms with Crippen LogP contribution in [-0.2, 0) is 4.79 Å². The second kappa shape index (κ2) is 6.47. The number of amides is 2. The lowest BCUT2D eigenvalue weighted by molar-refractivity contribution is -0.141. The quantitative estimate of drug-likeness (QED) is 0.756. The molecule has 1 fully saturated rings. The van der Waals surface area contributed by atoms with E-state index in [0.29, 0.717) is 12.2 Å². The number of carboxylic acids is 1. The summed E-state index contributed by atoms with van der Waals surface area (Å²) in [5.41, 5.74) is 1.49. The minimum absolute atomic E-state index is 0.116. The minimum atomic E-state index is -0.805. The number of nitrogens with one attached hydrogen (secondary N) is 2. The molecular weight excluding hydrogens is 336 g/mol. The zero-order valence-electron chi connectivity index (χ0n) is 11.9. The predicted molar refractivity (Wildman–Crippen MR) is 84.4 cm³/mol. The maximum Gasteiger partial charge on any atom is 0.319 e. The SMILES string of the molecule is Cc1cc(NC(=O)NCC2(CC(=O)O)CCC2)ccc1Br. The third kappa shape index (κ3) is 4.20. The molecule has 0 radical (unpaired) electrons. The molecule has 6 heteroatoms. The van der Waals surface area contributed by atoms with Gasteiger partial charge >= 0.3 is 12.0 Å². The number of hydrogen-bond donors (Lipinski definition) is 3. The van der Waals surface area contributed by atoms with E-state index in [2.05, 4.69) is 26.6 Å². The van der Waals surface area contributed by atoms with E-state index in [1.165, 1.54) is 0 Å². The van der Waals surface area contributed by atoms with Crippen molar-refractivity contribution in [1.82, 2.24) is 5.32 Å². The summed E-state index contributed by atoms with van der Waals surface area (Å²) >= 11 is 3.41. The fraction of sp³-hybridized carbons (Fsp3) is 0.467. The molecule has 21 heavy (non-hydrogen) atoms. The van der Waals surface area contributed by atoms with Crippen molar-refractivity contribution in [2.45, 2.75) is 32.6 Å². The molecule has 1 saturated carbocycles. The van der Waals surface area contributed by atoms with Crippen LogP contribution in [0.15, 0.2) is 22.7 Å². The normalized spacial score (nSPS) is 15.9. The molecule has 0 spiro atoms. The lowest BCUT2D eigenvalue weighted by Gasteiger charge is -2.40. The van der Waals surface area contributed by atoms with Crippen molar-refractivity contribution in [1.29, 1.82) is 0 Å². The summed E-state index contributed by atoms with van der Waals surface area (Å²) in [4.78, 5) is 22.8. The van der Waals surface area contributed by atoms with Crippen LogP contribution in [0.4, 0.5) is 10.5 Å². The number of carbonyl (C=O) groups is 2. The van der Waals surface area contributed by atoms with Gasteiger partial charge in [0.2, 0.25) is 0 Å². The van der Waals surface area contributed by atoms with Crippen molar-refractivity contribution < 1.29 is 14.7 Å². The highest BCUT2D eigenvalue weighted by Crippen LogP contribution is 2.43. The number of carboxylic acid groups (broad SMARTS) is 1. The molecule has 3 N–H and O–H groups in total. The second-order valence-corrected chi connectivity index (χ2v) is 6.55. The molecule has 1 aromatic rings. The third-order valence-corrected chi connectivity index (χ3v) is 4.87. The van der Waals surface area contributed by atoms with Crippen LogP contribution in [0.3, 0.4) is 0 Å². The maximum atomic E-state index is 11.9. The van der Waals surface area contributed by atoms with Crippen molar-refractivity contribution in [3.63, 3.8) is 0 Å². The fourth-order valence-corrected chi connectivity index (χ4v) is 2.83. The van der Waals surface area contributed by atoms with E-state index in [4.69, 9.17) is 5.11 Å². The Bertz CT molecular complexity index is 556. The van der Waals surface area contributed by atoms with Crippen LogP contribution in [0.25, 0.3) is 0 Å². The summed E-state index contributed by atoms with van der Waals surface area (Å²) in [5, 5.41) is 14.5. The van der Waals surface area contributed by atoms with Gasteiger partial charge in [0, 0.05) is 16.7 Å². The molecule has 114 valence electrons. The number of urea groups is 1. The first kappa shape index (κ1) is 15.8. The molecule has 0 aliphatic heterocycles. The van der Waals surface area contributed by atoms with Gasteiger partial charge in [0.1, 0.15) is 0 Å². The highest BCUT2D eigenvalue weighted by molar-refractivity contribution is 9.10. The lowest BCUT2D eigenvalue weighted by atomic mass is 9.66. The molecule has 0 atom stereocenters. The number of anilines is 1. The van der Waals surface area contributed by atoms with Gasteiger partial charge in [-0.25, -0.2) is 4.79 Å². The monoisotopic (exact) mass is 354 g/mol. The van der Waals surface area contributed by atoms with Crippen LogP contribution in [0.1, 0.15) is 31.2 Å². The Labute approximate surface area is 132 Å². The minimum Gasteiger partial charge on any atom is -0.481 e. The molecule has 0 unspecified atom stereocenters. The van der Waals surface area contributed by atoms with Crippen LogP contribution >= 0.6 is 15.9 Å². The van der Waals surface area contributed by atoms with Crippen LogP contribution in [-0.4, -0.2) is 23.7 Å². The van der Waals surface area contributed by atoms with Gasteiger partial charge in [0.15, 0.2) is 0 Å². The summed E-state index contributed by atoms with van der Waals surface area (Å²) in [6, 6.07) is 5.27. The van der Waals surface area contributed by atoms with Gasteiger partial charge in [-0.1, -0.05) is 22.4 Å². The number of halogens is 1. The molecule has 5 nitrogen and oxygen atoms in total. The molecule has 2 rings (SSSR count). The summed E-state index contributed by atoms with van der Waals surface area (Å²) < 4.78 is 0.989. The Morgan fingerprint density at radius 3 is 2.62 bits per heavy atom. The van der Waals surface area contributed by atoms with Gasteiger partial charge in [-0.3, -0.25) is 4.79 Å². The standard InChI is InChI=1S/C15H19BrN2O3/c1-10-7-11(3-4-12(10)16)18-14(21)17-9-15(5-2-6-15)8-13(19)20/h3-4,7H,2,5-6,8-9H2,1H3,(H,19,20)(H2,17,18,21). The van der Waals surface area contributed by atoms with Gasteiger partial charge in [-0.2, -0.15) is 0 Å². The summed E-state index contributed by atoms with van der Waals surface area (Å²) in [6.45, 7) is 2.35. The topological polar surface area (TPSA) is 78.4 Å². The van der Waals surface area contributed by atoms with E-state index < -0.39 is 5.97 Å². The summed E-state index contributed by atoms with van der Waals surface area (Å²) in [7, 11) is 0. The lowest BCUT2D eigenvalue weighted by Crippen LogP contribution is -2.44. The zero-order valence-corrected chi connectivity index (χ0v) is 13.5. The molecular formula is C15H19BrN2O3. The molecule has 1 aromatic carbocycles. The average Bonchev–Trinajstić information content (AvgIpc) is 2.36. The first-order valence-electron chi connectivity index (χ1n) is 6.93. The first-order valence-corrected chi connectivity index (χ1v) is 7.72. The zero-order chi connectivity index (χ0) is 15.5. The van der Waals surface area contributed by atoms with E-state index in [1.54, 1.807) is 0 Å². The smallest absolute Gasteiger partial charge is 0.319 e. The molecule has 0 heterocycles. The molecule has 0 saturated heterocycles. The van der Waals surface area contributed by atoms with E-state index >= 15 is 0 Å². The second-order valence-electron chi connectivity index (χ2n) is 5.70. The van der Waals surface area contributed by atoms with E-state index in [1.807, 2.05) is 25.1 Å². The molecule has 1 aliphatic carbocycles. The Morgan fingerprint density at radius 2 is 2.10 bits per heavy atom. The highest BCUT2D eigenvalue weighted by Gasteiger charge is 2.39. The Morgan fingerprint density at radius 1 is 1.38 bits per heavy atom. The third-order valence-electron chi connectivity index (χ3n) is 3.98. The number of aryl methyl sites for hydroxylation is 1. The predicted octanol–water partition coefficient (Wildman–Crippen LogP) is 3.52. The first-order chi connectivity index (χ1) is 9.90. The maximum absolute atomic E-state index is 11.9. The number of benzene rings is 1. The van der Waals surface area contributed by atoms with E-state index in [0.717, 1.165) is 29.3 Å². The molecule has 2 amide bonds. The summed E-state index contributed by atoms with van der Waals surface area (Å²) in [5.74, 6) is -0.805. The van der Waals surface area contributed by atoms with Crippen LogP contribution < -0.4 is 10.6 Å². The van der Waals surface area contributed by atoms with Gasteiger partial charge < -0.3 is 15.7 Å².